The number of hydrogen-bond acceptors (Lipinski definition) is 1. The van der Waals surface area contributed by atoms with E-state index < -0.39 is 17.5 Å². The average Bonchev–Trinajstić information content (AvgIpc) is 3.26. The van der Waals surface area contributed by atoms with Crippen LogP contribution < -0.4 is 5.32 Å². The van der Waals surface area contributed by atoms with Gasteiger partial charge in [0, 0.05) is 23.6 Å². The Morgan fingerprint density at radius 3 is 2.24 bits per heavy atom. The number of amides is 1. The van der Waals surface area contributed by atoms with E-state index in [1.807, 2.05) is 30.3 Å². The van der Waals surface area contributed by atoms with Crippen molar-refractivity contribution >= 4 is 5.91 Å². The molecule has 21 heavy (non-hydrogen) atoms. The molecule has 2 nitrogen and oxygen atoms in total. The molecule has 0 bridgehead atoms. The maximum Gasteiger partial charge on any atom is 0.251 e. The van der Waals surface area contributed by atoms with E-state index in [2.05, 4.69) is 5.32 Å². The third-order valence-corrected chi connectivity index (χ3v) is 3.95. The Kier molecular flexibility index (Phi) is 3.45. The first-order chi connectivity index (χ1) is 10.1. The summed E-state index contributed by atoms with van der Waals surface area (Å²) >= 11 is 0. The van der Waals surface area contributed by atoms with Crippen molar-refractivity contribution in [2.75, 3.05) is 6.54 Å². The smallest absolute Gasteiger partial charge is 0.251 e. The molecule has 1 saturated carbocycles. The van der Waals surface area contributed by atoms with Gasteiger partial charge in [0.15, 0.2) is 0 Å². The Bertz CT molecular complexity index is 645. The van der Waals surface area contributed by atoms with Gasteiger partial charge >= 0.3 is 0 Å². The molecule has 2 aromatic rings. The number of halogens is 2. The summed E-state index contributed by atoms with van der Waals surface area (Å²) in [4.78, 5) is 12.0. The van der Waals surface area contributed by atoms with E-state index in [1.165, 1.54) is 5.56 Å². The van der Waals surface area contributed by atoms with E-state index in [0.29, 0.717) is 6.54 Å². The first-order valence-corrected chi connectivity index (χ1v) is 6.89. The second kappa shape index (κ2) is 5.28. The van der Waals surface area contributed by atoms with Crippen LogP contribution in [0.2, 0.25) is 0 Å². The van der Waals surface area contributed by atoms with Crippen molar-refractivity contribution in [1.82, 2.24) is 5.32 Å². The van der Waals surface area contributed by atoms with Crippen LogP contribution in [0.4, 0.5) is 8.78 Å². The maximum atomic E-state index is 13.1. The number of carbonyl (C=O) groups excluding carboxylic acids is 1. The molecule has 0 spiro atoms. The van der Waals surface area contributed by atoms with Crippen molar-refractivity contribution in [3.63, 3.8) is 0 Å². The minimum atomic E-state index is -0.746. The third kappa shape index (κ3) is 2.94. The molecule has 4 heteroatoms. The van der Waals surface area contributed by atoms with E-state index in [4.69, 9.17) is 0 Å². The molecule has 3 rings (SSSR count). The maximum absolute atomic E-state index is 13.1. The van der Waals surface area contributed by atoms with Crippen LogP contribution in [0.15, 0.2) is 48.5 Å². The number of nitrogens with one attached hydrogen (secondary N) is 1. The fraction of sp³-hybridized carbons (Fsp3) is 0.235. The summed E-state index contributed by atoms with van der Waals surface area (Å²) in [6.45, 7) is 0.480. The molecule has 2 aromatic carbocycles. The predicted molar refractivity (Wildman–Crippen MR) is 76.0 cm³/mol. The van der Waals surface area contributed by atoms with Gasteiger partial charge in [-0.1, -0.05) is 30.3 Å². The molecule has 1 amide bonds. The zero-order valence-electron chi connectivity index (χ0n) is 11.4. The van der Waals surface area contributed by atoms with Crippen molar-refractivity contribution < 1.29 is 13.6 Å². The predicted octanol–water partition coefficient (Wildman–Crippen LogP) is 3.43. The van der Waals surface area contributed by atoms with Crippen molar-refractivity contribution in [3.05, 3.63) is 71.3 Å². The van der Waals surface area contributed by atoms with Crippen molar-refractivity contribution in [2.24, 2.45) is 0 Å². The lowest BCUT2D eigenvalue weighted by atomic mass is 9.96. The van der Waals surface area contributed by atoms with E-state index in [1.54, 1.807) is 0 Å². The SMILES string of the molecule is O=C(NCC1(c2ccccc2)CC1)c1cc(F)cc(F)c1. The van der Waals surface area contributed by atoms with E-state index in [-0.39, 0.29) is 11.0 Å². The molecule has 0 saturated heterocycles. The lowest BCUT2D eigenvalue weighted by molar-refractivity contribution is 0.0948. The summed E-state index contributed by atoms with van der Waals surface area (Å²) in [7, 11) is 0. The molecule has 0 radical (unpaired) electrons. The molecule has 0 unspecified atom stereocenters. The summed E-state index contributed by atoms with van der Waals surface area (Å²) in [6.07, 6.45) is 2.02. The molecule has 1 fully saturated rings. The fourth-order valence-electron chi connectivity index (χ4n) is 2.55. The van der Waals surface area contributed by atoms with E-state index in [0.717, 1.165) is 31.0 Å². The molecular formula is C17H15F2NO. The van der Waals surface area contributed by atoms with Crippen LogP contribution in [0, 0.1) is 11.6 Å². The summed E-state index contributed by atoms with van der Waals surface area (Å²) in [5.41, 5.74) is 1.18. The summed E-state index contributed by atoms with van der Waals surface area (Å²) < 4.78 is 26.2. The second-order valence-corrected chi connectivity index (χ2v) is 5.49. The highest BCUT2D eigenvalue weighted by atomic mass is 19.1. The van der Waals surface area contributed by atoms with Crippen molar-refractivity contribution in [2.45, 2.75) is 18.3 Å². The highest BCUT2D eigenvalue weighted by Gasteiger charge is 2.44. The Morgan fingerprint density at radius 2 is 1.67 bits per heavy atom. The van der Waals surface area contributed by atoms with Crippen LogP contribution in [-0.4, -0.2) is 12.5 Å². The summed E-state index contributed by atoms with van der Waals surface area (Å²) in [5.74, 6) is -1.94. The van der Waals surface area contributed by atoms with Gasteiger partial charge in [0.2, 0.25) is 0 Å². The second-order valence-electron chi connectivity index (χ2n) is 5.49. The van der Waals surface area contributed by atoms with Crippen LogP contribution in [-0.2, 0) is 5.41 Å². The minimum absolute atomic E-state index is 0.0105. The molecule has 0 aromatic heterocycles. The zero-order valence-corrected chi connectivity index (χ0v) is 11.4. The van der Waals surface area contributed by atoms with Gasteiger partial charge in [-0.3, -0.25) is 4.79 Å². The van der Waals surface area contributed by atoms with Crippen LogP contribution in [0.5, 0.6) is 0 Å². The summed E-state index contributed by atoms with van der Waals surface area (Å²) in [6, 6.07) is 12.8. The summed E-state index contributed by atoms with van der Waals surface area (Å²) in [5, 5.41) is 2.78. The van der Waals surface area contributed by atoms with Gasteiger partial charge in [-0.2, -0.15) is 0 Å². The Morgan fingerprint density at radius 1 is 1.05 bits per heavy atom. The first kappa shape index (κ1) is 13.7. The Hall–Kier alpha value is -2.23. The Balaban J connectivity index is 1.69. The molecule has 0 aliphatic heterocycles. The molecule has 0 heterocycles. The average molecular weight is 287 g/mol. The molecule has 108 valence electrons. The normalized spacial score (nSPS) is 15.5. The molecule has 1 aliphatic rings. The van der Waals surface area contributed by atoms with Crippen LogP contribution in [0.3, 0.4) is 0 Å². The number of benzene rings is 2. The minimum Gasteiger partial charge on any atom is -0.351 e. The van der Waals surface area contributed by atoms with Crippen LogP contribution in [0.25, 0.3) is 0 Å². The van der Waals surface area contributed by atoms with Gasteiger partial charge in [-0.15, -0.1) is 0 Å². The van der Waals surface area contributed by atoms with Crippen molar-refractivity contribution in [1.29, 1.82) is 0 Å². The van der Waals surface area contributed by atoms with Crippen molar-refractivity contribution in [3.8, 4) is 0 Å². The number of hydrogen-bond donors (Lipinski definition) is 1. The molecule has 1 N–H and O–H groups in total. The standard InChI is InChI=1S/C17H15F2NO/c18-14-8-12(9-15(19)10-14)16(21)20-11-17(6-7-17)13-4-2-1-3-5-13/h1-5,8-10H,6-7,11H2,(H,20,21). The van der Waals surface area contributed by atoms with E-state index in [9.17, 15) is 13.6 Å². The highest BCUT2D eigenvalue weighted by Crippen LogP contribution is 2.47. The van der Waals surface area contributed by atoms with Gasteiger partial charge in [-0.25, -0.2) is 8.78 Å². The number of rotatable bonds is 4. The van der Waals surface area contributed by atoms with Gasteiger partial charge < -0.3 is 5.32 Å². The van der Waals surface area contributed by atoms with Gasteiger partial charge in [0.1, 0.15) is 11.6 Å². The number of carbonyl (C=O) groups is 1. The first-order valence-electron chi connectivity index (χ1n) is 6.89. The zero-order chi connectivity index (χ0) is 14.9. The lowest BCUT2D eigenvalue weighted by Crippen LogP contribution is -2.32. The van der Waals surface area contributed by atoms with Crippen LogP contribution >= 0.6 is 0 Å². The van der Waals surface area contributed by atoms with Gasteiger partial charge in [0.25, 0.3) is 5.91 Å². The highest BCUT2D eigenvalue weighted by molar-refractivity contribution is 5.94. The molecule has 0 atom stereocenters. The Labute approximate surface area is 121 Å². The quantitative estimate of drug-likeness (QED) is 0.917. The lowest BCUT2D eigenvalue weighted by Gasteiger charge is -2.16. The van der Waals surface area contributed by atoms with Gasteiger partial charge in [0.05, 0.1) is 0 Å². The largest absolute Gasteiger partial charge is 0.351 e. The van der Waals surface area contributed by atoms with Gasteiger partial charge in [-0.05, 0) is 30.5 Å². The molecule has 1 aliphatic carbocycles. The fourth-order valence-corrected chi connectivity index (χ4v) is 2.55. The third-order valence-electron chi connectivity index (χ3n) is 3.95. The monoisotopic (exact) mass is 287 g/mol. The van der Waals surface area contributed by atoms with Crippen LogP contribution in [0.1, 0.15) is 28.8 Å². The molecular weight excluding hydrogens is 272 g/mol. The van der Waals surface area contributed by atoms with E-state index >= 15 is 0 Å². The topological polar surface area (TPSA) is 29.1 Å².